The van der Waals surface area contributed by atoms with Crippen LogP contribution in [0.5, 0.6) is 0 Å². The Kier molecular flexibility index (Phi) is 9.68. The summed E-state index contributed by atoms with van der Waals surface area (Å²) in [6.07, 6.45) is 4.18. The molecule has 0 aliphatic rings. The highest BCUT2D eigenvalue weighted by molar-refractivity contribution is 7.98. The lowest BCUT2D eigenvalue weighted by molar-refractivity contribution is -0.146. The number of alkyl carbamates (subject to hydrolysis) is 1. The van der Waals surface area contributed by atoms with E-state index < -0.39 is 12.0 Å². The summed E-state index contributed by atoms with van der Waals surface area (Å²) >= 11 is 1.65. The molecule has 0 saturated carbocycles. The van der Waals surface area contributed by atoms with Crippen molar-refractivity contribution >= 4 is 23.8 Å². The normalized spacial score (nSPS) is 12.8. The maximum absolute atomic E-state index is 12.1. The molecule has 0 aromatic heterocycles. The molecule has 1 N–H and O–H groups in total. The third-order valence-electron chi connectivity index (χ3n) is 3.56. The molecule has 1 amide bonds. The molecule has 0 aliphatic carbocycles. The summed E-state index contributed by atoms with van der Waals surface area (Å²) in [5, 5.41) is 2.80. The van der Waals surface area contributed by atoms with Gasteiger partial charge in [0, 0.05) is 6.04 Å². The predicted molar refractivity (Wildman–Crippen MR) is 96.9 cm³/mol. The van der Waals surface area contributed by atoms with Gasteiger partial charge >= 0.3 is 12.1 Å². The van der Waals surface area contributed by atoms with Crippen molar-refractivity contribution in [3.8, 4) is 0 Å². The molecule has 0 saturated heterocycles. The van der Waals surface area contributed by atoms with Gasteiger partial charge in [0.1, 0.15) is 6.61 Å². The number of esters is 1. The van der Waals surface area contributed by atoms with Gasteiger partial charge in [0.25, 0.3) is 0 Å². The topological polar surface area (TPSA) is 64.6 Å². The Morgan fingerprint density at radius 1 is 1.33 bits per heavy atom. The maximum atomic E-state index is 12.1. The van der Waals surface area contributed by atoms with Gasteiger partial charge in [-0.1, -0.05) is 36.4 Å². The highest BCUT2D eigenvalue weighted by Crippen LogP contribution is 2.17. The highest BCUT2D eigenvalue weighted by atomic mass is 32.2. The van der Waals surface area contributed by atoms with Crippen LogP contribution >= 0.6 is 11.8 Å². The summed E-state index contributed by atoms with van der Waals surface area (Å²) in [4.78, 5) is 24.1. The molecule has 5 nitrogen and oxygen atoms in total. The second-order valence-corrected chi connectivity index (χ2v) is 6.23. The smallest absolute Gasteiger partial charge is 0.407 e. The lowest BCUT2D eigenvalue weighted by Crippen LogP contribution is -2.44. The van der Waals surface area contributed by atoms with Gasteiger partial charge in [-0.25, -0.2) is 4.79 Å². The van der Waals surface area contributed by atoms with E-state index >= 15 is 0 Å². The molecule has 0 fully saturated rings. The molecule has 0 spiro atoms. The van der Waals surface area contributed by atoms with Crippen LogP contribution in [0.2, 0.25) is 0 Å². The third-order valence-corrected chi connectivity index (χ3v) is 4.20. The minimum absolute atomic E-state index is 0.187. The molecular weight excluding hydrogens is 326 g/mol. The van der Waals surface area contributed by atoms with Crippen molar-refractivity contribution in [3.05, 3.63) is 48.6 Å². The number of hydrogen-bond donors (Lipinski definition) is 1. The van der Waals surface area contributed by atoms with Gasteiger partial charge in [0.2, 0.25) is 0 Å². The molecule has 132 valence electrons. The first kappa shape index (κ1) is 20.1. The molecule has 0 heterocycles. The molecule has 6 heteroatoms. The monoisotopic (exact) mass is 351 g/mol. The Labute approximate surface area is 147 Å². The molecule has 1 rings (SSSR count). The van der Waals surface area contributed by atoms with E-state index in [4.69, 9.17) is 9.47 Å². The SMILES string of the molecule is C=CC[C@H](C(=O)OC)[C@H](CCSC)NC(=O)OCc1ccccc1. The molecule has 24 heavy (non-hydrogen) atoms. The summed E-state index contributed by atoms with van der Waals surface area (Å²) < 4.78 is 10.1. The van der Waals surface area contributed by atoms with E-state index in [1.165, 1.54) is 7.11 Å². The number of rotatable bonds is 10. The summed E-state index contributed by atoms with van der Waals surface area (Å²) in [7, 11) is 1.35. The lowest BCUT2D eigenvalue weighted by Gasteiger charge is -2.25. The molecule has 0 aliphatic heterocycles. The first-order chi connectivity index (χ1) is 11.6. The summed E-state index contributed by atoms with van der Waals surface area (Å²) in [5.74, 6) is -0.0119. The van der Waals surface area contributed by atoms with Gasteiger partial charge in [-0.05, 0) is 30.4 Å². The Morgan fingerprint density at radius 3 is 2.62 bits per heavy atom. The van der Waals surface area contributed by atoms with Crippen molar-refractivity contribution < 1.29 is 19.1 Å². The zero-order valence-corrected chi connectivity index (χ0v) is 15.0. The standard InChI is InChI=1S/C18H25NO4S/c1-4-8-15(17(20)22-2)16(11-12-24-3)19-18(21)23-13-14-9-6-5-7-10-14/h4-7,9-10,15-16H,1,8,11-13H2,2-3H3,(H,19,21)/t15-,16-/m0/s1. The van der Waals surface area contributed by atoms with Gasteiger partial charge in [-0.15, -0.1) is 6.58 Å². The van der Waals surface area contributed by atoms with E-state index in [-0.39, 0.29) is 18.6 Å². The van der Waals surface area contributed by atoms with Crippen molar-refractivity contribution in [1.82, 2.24) is 5.32 Å². The van der Waals surface area contributed by atoms with Crippen LogP contribution in [0.25, 0.3) is 0 Å². The van der Waals surface area contributed by atoms with Crippen molar-refractivity contribution in [3.63, 3.8) is 0 Å². The Hall–Kier alpha value is -1.95. The fourth-order valence-corrected chi connectivity index (χ4v) is 2.78. The Balaban J connectivity index is 2.66. The Bertz CT molecular complexity index is 521. The fraction of sp³-hybridized carbons (Fsp3) is 0.444. The fourth-order valence-electron chi connectivity index (χ4n) is 2.29. The average Bonchev–Trinajstić information content (AvgIpc) is 2.61. The lowest BCUT2D eigenvalue weighted by atomic mass is 9.94. The zero-order chi connectivity index (χ0) is 17.8. The van der Waals surface area contributed by atoms with Crippen LogP contribution in [0.4, 0.5) is 4.79 Å². The Morgan fingerprint density at radius 2 is 2.04 bits per heavy atom. The van der Waals surface area contributed by atoms with E-state index in [0.717, 1.165) is 11.3 Å². The van der Waals surface area contributed by atoms with E-state index in [1.54, 1.807) is 17.8 Å². The second kappa shape index (κ2) is 11.6. The van der Waals surface area contributed by atoms with Crippen molar-refractivity contribution in [1.29, 1.82) is 0 Å². The predicted octanol–water partition coefficient (Wildman–Crippen LogP) is 3.40. The number of carbonyl (C=O) groups excluding carboxylic acids is 2. The number of carbonyl (C=O) groups is 2. The van der Waals surface area contributed by atoms with Crippen LogP contribution in [-0.4, -0.2) is 37.2 Å². The van der Waals surface area contributed by atoms with Crippen molar-refractivity contribution in [2.45, 2.75) is 25.5 Å². The summed E-state index contributed by atoms with van der Waals surface area (Å²) in [5.41, 5.74) is 0.906. The van der Waals surface area contributed by atoms with Crippen LogP contribution in [0.1, 0.15) is 18.4 Å². The number of ether oxygens (including phenoxy) is 2. The number of methoxy groups -OCH3 is 1. The number of nitrogens with one attached hydrogen (secondary N) is 1. The molecule has 1 aromatic rings. The van der Waals surface area contributed by atoms with Crippen LogP contribution in [0.15, 0.2) is 43.0 Å². The van der Waals surface area contributed by atoms with Gasteiger partial charge in [0.15, 0.2) is 0 Å². The van der Waals surface area contributed by atoms with Crippen molar-refractivity contribution in [2.75, 3.05) is 19.1 Å². The minimum Gasteiger partial charge on any atom is -0.469 e. The van der Waals surface area contributed by atoms with E-state index in [9.17, 15) is 9.59 Å². The van der Waals surface area contributed by atoms with Crippen LogP contribution in [0, 0.1) is 5.92 Å². The minimum atomic E-state index is -0.539. The number of allylic oxidation sites excluding steroid dienone is 1. The maximum Gasteiger partial charge on any atom is 0.407 e. The number of thioether (sulfide) groups is 1. The number of benzene rings is 1. The van der Waals surface area contributed by atoms with Crippen molar-refractivity contribution in [2.24, 2.45) is 5.92 Å². The first-order valence-electron chi connectivity index (χ1n) is 7.77. The summed E-state index contributed by atoms with van der Waals surface area (Å²) in [6.45, 7) is 3.86. The second-order valence-electron chi connectivity index (χ2n) is 5.25. The molecular formula is C18H25NO4S. The quantitative estimate of drug-likeness (QED) is 0.517. The molecule has 1 aromatic carbocycles. The molecule has 2 atom stereocenters. The van der Waals surface area contributed by atoms with Gasteiger partial charge in [-0.2, -0.15) is 11.8 Å². The summed E-state index contributed by atoms with van der Waals surface area (Å²) in [6, 6.07) is 9.08. The van der Waals surface area contributed by atoms with Crippen LogP contribution in [0.3, 0.4) is 0 Å². The molecule has 0 radical (unpaired) electrons. The first-order valence-corrected chi connectivity index (χ1v) is 9.16. The highest BCUT2D eigenvalue weighted by Gasteiger charge is 2.29. The molecule has 0 unspecified atom stereocenters. The number of amides is 1. The average molecular weight is 351 g/mol. The van der Waals surface area contributed by atoms with Gasteiger partial charge in [0.05, 0.1) is 13.0 Å². The van der Waals surface area contributed by atoms with Crippen LogP contribution < -0.4 is 5.32 Å². The zero-order valence-electron chi connectivity index (χ0n) is 14.2. The largest absolute Gasteiger partial charge is 0.469 e. The molecule has 0 bridgehead atoms. The number of hydrogen-bond acceptors (Lipinski definition) is 5. The van der Waals surface area contributed by atoms with E-state index in [0.29, 0.717) is 12.8 Å². The van der Waals surface area contributed by atoms with Gasteiger partial charge in [-0.3, -0.25) is 4.79 Å². The van der Waals surface area contributed by atoms with Gasteiger partial charge < -0.3 is 14.8 Å². The van der Waals surface area contributed by atoms with E-state index in [1.807, 2.05) is 36.6 Å². The van der Waals surface area contributed by atoms with Crippen LogP contribution in [-0.2, 0) is 20.9 Å². The van der Waals surface area contributed by atoms with E-state index in [2.05, 4.69) is 11.9 Å². The third kappa shape index (κ3) is 7.08.